The van der Waals surface area contributed by atoms with Crippen LogP contribution in [0.4, 0.5) is 5.13 Å². The molecule has 0 atom stereocenters. The van der Waals surface area contributed by atoms with Crippen LogP contribution in [0, 0.1) is 13.8 Å². The molecule has 0 aromatic carbocycles. The van der Waals surface area contributed by atoms with Gasteiger partial charge < -0.3 is 10.1 Å². The predicted molar refractivity (Wildman–Crippen MR) is 79.2 cm³/mol. The number of thiophene rings is 1. The number of nitrogens with zero attached hydrogens (tertiary/aromatic N) is 1. The minimum Gasteiger partial charge on any atom is -0.461 e. The summed E-state index contributed by atoms with van der Waals surface area (Å²) in [6.07, 6.45) is 0. The van der Waals surface area contributed by atoms with Crippen LogP contribution >= 0.6 is 22.7 Å². The van der Waals surface area contributed by atoms with Crippen LogP contribution in [0.1, 0.15) is 33.4 Å². The van der Waals surface area contributed by atoms with E-state index in [2.05, 4.69) is 28.0 Å². The highest BCUT2D eigenvalue weighted by Gasteiger charge is 2.16. The second-order valence-corrected chi connectivity index (χ2v) is 6.02. The van der Waals surface area contributed by atoms with Gasteiger partial charge in [-0.3, -0.25) is 0 Å². The highest BCUT2D eigenvalue weighted by molar-refractivity contribution is 7.15. The van der Waals surface area contributed by atoms with E-state index in [9.17, 15) is 4.79 Å². The number of nitrogens with one attached hydrogen (secondary N) is 1. The lowest BCUT2D eigenvalue weighted by Crippen LogP contribution is -2.07. The number of aryl methyl sites for hydroxylation is 2. The van der Waals surface area contributed by atoms with Gasteiger partial charge in [0.2, 0.25) is 0 Å². The summed E-state index contributed by atoms with van der Waals surface area (Å²) in [6.45, 7) is 6.85. The fourth-order valence-corrected chi connectivity index (χ4v) is 3.25. The first-order chi connectivity index (χ1) is 9.11. The molecule has 4 nitrogen and oxygen atoms in total. The summed E-state index contributed by atoms with van der Waals surface area (Å²) in [7, 11) is 0. The minimum atomic E-state index is -0.351. The zero-order valence-corrected chi connectivity index (χ0v) is 12.8. The van der Waals surface area contributed by atoms with Crippen LogP contribution in [0.25, 0.3) is 0 Å². The van der Waals surface area contributed by atoms with E-state index in [1.807, 2.05) is 6.92 Å². The Labute approximate surface area is 120 Å². The van der Waals surface area contributed by atoms with Crippen LogP contribution < -0.4 is 5.32 Å². The van der Waals surface area contributed by atoms with Gasteiger partial charge in [0.05, 0.1) is 6.61 Å². The molecule has 0 saturated carbocycles. The van der Waals surface area contributed by atoms with Crippen molar-refractivity contribution in [1.29, 1.82) is 0 Å². The van der Waals surface area contributed by atoms with Crippen molar-refractivity contribution >= 4 is 33.8 Å². The number of hydrogen-bond acceptors (Lipinski definition) is 6. The van der Waals surface area contributed by atoms with E-state index in [4.69, 9.17) is 4.74 Å². The molecule has 0 fully saturated rings. The van der Waals surface area contributed by atoms with Crippen molar-refractivity contribution < 1.29 is 9.53 Å². The summed E-state index contributed by atoms with van der Waals surface area (Å²) in [6, 6.07) is 0. The Hall–Kier alpha value is -1.40. The lowest BCUT2D eigenvalue weighted by atomic mass is 10.2. The van der Waals surface area contributed by atoms with Gasteiger partial charge in [0, 0.05) is 11.4 Å². The summed E-state index contributed by atoms with van der Waals surface area (Å²) in [4.78, 5) is 16.8. The molecule has 19 heavy (non-hydrogen) atoms. The number of esters is 1. The maximum atomic E-state index is 11.7. The van der Waals surface area contributed by atoms with Gasteiger partial charge in [-0.25, -0.2) is 9.78 Å². The minimum absolute atomic E-state index is 0.351. The predicted octanol–water partition coefficient (Wildman–Crippen LogP) is 3.61. The van der Waals surface area contributed by atoms with Gasteiger partial charge in [-0.05, 0) is 42.7 Å². The molecule has 6 heteroatoms. The average molecular weight is 296 g/mol. The smallest absolute Gasteiger partial charge is 0.358 e. The molecule has 0 aliphatic rings. The van der Waals surface area contributed by atoms with Crippen LogP contribution in [-0.4, -0.2) is 17.6 Å². The highest BCUT2D eigenvalue weighted by atomic mass is 32.1. The molecule has 0 bridgehead atoms. The van der Waals surface area contributed by atoms with E-state index < -0.39 is 0 Å². The van der Waals surface area contributed by atoms with E-state index in [0.29, 0.717) is 12.3 Å². The molecule has 0 amide bonds. The SMILES string of the molecule is CCOC(=O)c1nc(NCc2cscc2C)sc1C. The number of rotatable bonds is 5. The normalized spacial score (nSPS) is 10.5. The molecule has 2 aromatic heterocycles. The molecule has 0 aliphatic carbocycles. The molecule has 2 heterocycles. The molecular formula is C13H16N2O2S2. The average Bonchev–Trinajstić information content (AvgIpc) is 2.93. The molecule has 102 valence electrons. The van der Waals surface area contributed by atoms with Crippen molar-refractivity contribution in [3.05, 3.63) is 32.5 Å². The summed E-state index contributed by atoms with van der Waals surface area (Å²) >= 11 is 3.17. The molecular weight excluding hydrogens is 280 g/mol. The molecule has 0 spiro atoms. The first-order valence-corrected chi connectivity index (χ1v) is 7.77. The van der Waals surface area contributed by atoms with Gasteiger partial charge in [0.15, 0.2) is 10.8 Å². The van der Waals surface area contributed by atoms with Crippen molar-refractivity contribution in [3.63, 3.8) is 0 Å². The molecule has 2 rings (SSSR count). The van der Waals surface area contributed by atoms with Gasteiger partial charge in [0.25, 0.3) is 0 Å². The van der Waals surface area contributed by atoms with E-state index in [1.54, 1.807) is 18.3 Å². The van der Waals surface area contributed by atoms with Crippen molar-refractivity contribution in [3.8, 4) is 0 Å². The first kappa shape index (κ1) is 14.0. The molecule has 0 aliphatic heterocycles. The van der Waals surface area contributed by atoms with E-state index in [1.165, 1.54) is 22.5 Å². The van der Waals surface area contributed by atoms with E-state index in [0.717, 1.165) is 16.6 Å². The number of carbonyl (C=O) groups is 1. The topological polar surface area (TPSA) is 51.2 Å². The Morgan fingerprint density at radius 2 is 2.21 bits per heavy atom. The van der Waals surface area contributed by atoms with Gasteiger partial charge in [0.1, 0.15) is 0 Å². The number of hydrogen-bond donors (Lipinski definition) is 1. The zero-order valence-electron chi connectivity index (χ0n) is 11.1. The molecule has 1 N–H and O–H groups in total. The number of ether oxygens (including phenoxy) is 1. The van der Waals surface area contributed by atoms with Crippen LogP contribution in [-0.2, 0) is 11.3 Å². The van der Waals surface area contributed by atoms with Crippen molar-refractivity contribution in [2.24, 2.45) is 0 Å². The quantitative estimate of drug-likeness (QED) is 0.856. The van der Waals surface area contributed by atoms with Crippen LogP contribution in [0.15, 0.2) is 10.8 Å². The molecule has 0 radical (unpaired) electrons. The Morgan fingerprint density at radius 3 is 2.84 bits per heavy atom. The molecule has 2 aromatic rings. The van der Waals surface area contributed by atoms with Gasteiger partial charge in [-0.1, -0.05) is 0 Å². The summed E-state index contributed by atoms with van der Waals surface area (Å²) in [5.74, 6) is -0.351. The second-order valence-electron chi connectivity index (χ2n) is 4.08. The van der Waals surface area contributed by atoms with Gasteiger partial charge in [-0.2, -0.15) is 11.3 Å². The van der Waals surface area contributed by atoms with Gasteiger partial charge in [-0.15, -0.1) is 11.3 Å². The fraction of sp³-hybridized carbons (Fsp3) is 0.385. The van der Waals surface area contributed by atoms with Crippen LogP contribution in [0.2, 0.25) is 0 Å². The Balaban J connectivity index is 2.04. The van der Waals surface area contributed by atoms with E-state index in [-0.39, 0.29) is 5.97 Å². The number of carbonyl (C=O) groups excluding carboxylic acids is 1. The third kappa shape index (κ3) is 3.33. The van der Waals surface area contributed by atoms with Crippen molar-refractivity contribution in [2.45, 2.75) is 27.3 Å². The van der Waals surface area contributed by atoms with E-state index >= 15 is 0 Å². The number of aromatic nitrogens is 1. The first-order valence-electron chi connectivity index (χ1n) is 6.02. The summed E-state index contributed by atoms with van der Waals surface area (Å²) in [5, 5.41) is 8.25. The van der Waals surface area contributed by atoms with Gasteiger partial charge >= 0.3 is 5.97 Å². The number of anilines is 1. The largest absolute Gasteiger partial charge is 0.461 e. The standard InChI is InChI=1S/C13H16N2O2S2/c1-4-17-12(16)11-9(3)19-13(15-11)14-5-10-7-18-6-8(10)2/h6-7H,4-5H2,1-3H3,(H,14,15). The third-order valence-corrected chi connectivity index (χ3v) is 4.50. The third-order valence-electron chi connectivity index (χ3n) is 2.66. The molecule has 0 unspecified atom stereocenters. The second kappa shape index (κ2) is 6.16. The van der Waals surface area contributed by atoms with Crippen LogP contribution in [0.3, 0.4) is 0 Å². The summed E-state index contributed by atoms with van der Waals surface area (Å²) < 4.78 is 4.97. The van der Waals surface area contributed by atoms with Crippen molar-refractivity contribution in [2.75, 3.05) is 11.9 Å². The summed E-state index contributed by atoms with van der Waals surface area (Å²) in [5.41, 5.74) is 2.95. The lowest BCUT2D eigenvalue weighted by Gasteiger charge is -2.01. The maximum Gasteiger partial charge on any atom is 0.358 e. The van der Waals surface area contributed by atoms with Crippen molar-refractivity contribution in [1.82, 2.24) is 4.98 Å². The monoisotopic (exact) mass is 296 g/mol. The molecule has 0 saturated heterocycles. The van der Waals surface area contributed by atoms with Crippen LogP contribution in [0.5, 0.6) is 0 Å². The lowest BCUT2D eigenvalue weighted by molar-refractivity contribution is 0.0519. The highest BCUT2D eigenvalue weighted by Crippen LogP contribution is 2.24. The number of thiazole rings is 1. The Kier molecular flexibility index (Phi) is 4.55. The Morgan fingerprint density at radius 1 is 1.42 bits per heavy atom. The fourth-order valence-electron chi connectivity index (χ4n) is 1.60. The zero-order chi connectivity index (χ0) is 13.8. The Bertz CT molecular complexity index is 575. The maximum absolute atomic E-state index is 11.7.